The zero-order valence-corrected chi connectivity index (χ0v) is 19.0. The van der Waals surface area contributed by atoms with Crippen LogP contribution in [0.5, 0.6) is 0 Å². The number of rotatable bonds is 7. The average Bonchev–Trinajstić information content (AvgIpc) is 3.50. The van der Waals surface area contributed by atoms with E-state index in [2.05, 4.69) is 15.5 Å². The van der Waals surface area contributed by atoms with E-state index in [4.69, 9.17) is 16.3 Å². The van der Waals surface area contributed by atoms with Gasteiger partial charge in [-0.05, 0) is 42.5 Å². The highest BCUT2D eigenvalue weighted by molar-refractivity contribution is 7.99. The number of halogens is 4. The van der Waals surface area contributed by atoms with Crippen molar-refractivity contribution in [2.45, 2.75) is 36.8 Å². The SMILES string of the molecule is O=C(CSc1nnc(-c2cccs2)n1CC1CCCO1)Nc1cc(C(F)(F)F)ccc1Cl. The van der Waals surface area contributed by atoms with Gasteiger partial charge in [-0.2, -0.15) is 13.2 Å². The van der Waals surface area contributed by atoms with Crippen molar-refractivity contribution in [3.05, 3.63) is 46.3 Å². The Morgan fingerprint density at radius 3 is 2.88 bits per heavy atom. The second-order valence-electron chi connectivity index (χ2n) is 7.06. The molecule has 2 aromatic heterocycles. The van der Waals surface area contributed by atoms with Gasteiger partial charge in [0.15, 0.2) is 11.0 Å². The third kappa shape index (κ3) is 5.45. The van der Waals surface area contributed by atoms with E-state index in [0.29, 0.717) is 24.1 Å². The molecule has 0 spiro atoms. The van der Waals surface area contributed by atoms with Crippen molar-refractivity contribution in [1.29, 1.82) is 0 Å². The van der Waals surface area contributed by atoms with E-state index in [1.165, 1.54) is 11.3 Å². The van der Waals surface area contributed by atoms with Crippen molar-refractivity contribution in [3.8, 4) is 10.7 Å². The molecule has 1 fully saturated rings. The lowest BCUT2D eigenvalue weighted by Gasteiger charge is -2.14. The van der Waals surface area contributed by atoms with Crippen molar-refractivity contribution < 1.29 is 22.7 Å². The maximum atomic E-state index is 12.9. The number of alkyl halides is 3. The quantitative estimate of drug-likeness (QED) is 0.427. The van der Waals surface area contributed by atoms with Gasteiger partial charge in [0, 0.05) is 6.61 Å². The lowest BCUT2D eigenvalue weighted by atomic mass is 10.2. The highest BCUT2D eigenvalue weighted by atomic mass is 35.5. The Kier molecular flexibility index (Phi) is 7.08. The molecule has 1 aliphatic heterocycles. The number of benzene rings is 1. The number of aromatic nitrogens is 3. The third-order valence-electron chi connectivity index (χ3n) is 4.77. The average molecular weight is 503 g/mol. The molecule has 1 N–H and O–H groups in total. The van der Waals surface area contributed by atoms with Crippen molar-refractivity contribution in [2.75, 3.05) is 17.7 Å². The Balaban J connectivity index is 1.47. The smallest absolute Gasteiger partial charge is 0.376 e. The summed E-state index contributed by atoms with van der Waals surface area (Å²) >= 11 is 8.65. The summed E-state index contributed by atoms with van der Waals surface area (Å²) in [6.45, 7) is 1.27. The Morgan fingerprint density at radius 2 is 2.19 bits per heavy atom. The van der Waals surface area contributed by atoms with Crippen LogP contribution in [-0.4, -0.2) is 39.1 Å². The molecule has 1 saturated heterocycles. The number of carbonyl (C=O) groups is 1. The fourth-order valence-electron chi connectivity index (χ4n) is 3.25. The second-order valence-corrected chi connectivity index (χ2v) is 9.36. The maximum absolute atomic E-state index is 12.9. The Hall–Kier alpha value is -2.08. The van der Waals surface area contributed by atoms with Crippen LogP contribution in [0.3, 0.4) is 0 Å². The van der Waals surface area contributed by atoms with Crippen molar-refractivity contribution in [1.82, 2.24) is 14.8 Å². The molecule has 3 heterocycles. The van der Waals surface area contributed by atoms with Crippen LogP contribution in [0, 0.1) is 0 Å². The van der Waals surface area contributed by atoms with Crippen molar-refractivity contribution >= 4 is 46.3 Å². The predicted octanol–water partition coefficient (Wildman–Crippen LogP) is 5.59. The normalized spacial score (nSPS) is 16.4. The topological polar surface area (TPSA) is 69.0 Å². The van der Waals surface area contributed by atoms with Crippen LogP contribution in [0.15, 0.2) is 40.9 Å². The largest absolute Gasteiger partial charge is 0.416 e. The van der Waals surface area contributed by atoms with Gasteiger partial charge >= 0.3 is 6.18 Å². The number of hydrogen-bond donors (Lipinski definition) is 1. The summed E-state index contributed by atoms with van der Waals surface area (Å²) in [7, 11) is 0. The van der Waals surface area contributed by atoms with Gasteiger partial charge in [0.2, 0.25) is 5.91 Å². The number of amides is 1. The summed E-state index contributed by atoms with van der Waals surface area (Å²) in [5.74, 6) is 0.126. The van der Waals surface area contributed by atoms with Crippen LogP contribution in [0.2, 0.25) is 5.02 Å². The monoisotopic (exact) mass is 502 g/mol. The van der Waals surface area contributed by atoms with E-state index in [1.807, 2.05) is 22.1 Å². The van der Waals surface area contributed by atoms with E-state index in [0.717, 1.165) is 47.7 Å². The first-order valence-corrected chi connectivity index (χ1v) is 11.9. The Labute approximate surface area is 195 Å². The first-order chi connectivity index (χ1) is 15.3. The van der Waals surface area contributed by atoms with E-state index in [1.54, 1.807) is 0 Å². The molecular weight excluding hydrogens is 485 g/mol. The van der Waals surface area contributed by atoms with Gasteiger partial charge < -0.3 is 10.1 Å². The van der Waals surface area contributed by atoms with Crippen molar-refractivity contribution in [3.63, 3.8) is 0 Å². The van der Waals surface area contributed by atoms with Gasteiger partial charge in [-0.15, -0.1) is 21.5 Å². The Morgan fingerprint density at radius 1 is 1.34 bits per heavy atom. The standard InChI is InChI=1S/C20H18ClF3N4O2S2/c21-14-6-5-12(20(22,23)24)9-15(14)25-17(29)11-32-19-27-26-18(16-4-2-8-31-16)28(19)10-13-3-1-7-30-13/h2,4-6,8-9,13H,1,3,7,10-11H2,(H,25,29). The molecule has 32 heavy (non-hydrogen) atoms. The summed E-state index contributed by atoms with van der Waals surface area (Å²) in [6, 6.07) is 6.66. The highest BCUT2D eigenvalue weighted by Gasteiger charge is 2.31. The summed E-state index contributed by atoms with van der Waals surface area (Å²) in [5.41, 5.74) is -0.978. The minimum absolute atomic E-state index is 0.0258. The lowest BCUT2D eigenvalue weighted by molar-refractivity contribution is -0.137. The second kappa shape index (κ2) is 9.82. The van der Waals surface area contributed by atoms with Crippen LogP contribution in [-0.2, 0) is 22.3 Å². The summed E-state index contributed by atoms with van der Waals surface area (Å²) in [4.78, 5) is 13.4. The fourth-order valence-corrected chi connectivity index (χ4v) is 4.88. The number of nitrogens with one attached hydrogen (secondary N) is 1. The molecule has 0 aliphatic carbocycles. The number of thiophene rings is 1. The number of ether oxygens (including phenoxy) is 1. The number of nitrogens with zero attached hydrogens (tertiary/aromatic N) is 3. The van der Waals surface area contributed by atoms with Crippen LogP contribution in [0.4, 0.5) is 18.9 Å². The molecule has 0 radical (unpaired) electrons. The Bertz CT molecular complexity index is 1080. The molecule has 1 aromatic carbocycles. The van der Waals surface area contributed by atoms with Crippen molar-refractivity contribution in [2.24, 2.45) is 0 Å². The molecule has 1 amide bonds. The predicted molar refractivity (Wildman–Crippen MR) is 118 cm³/mol. The maximum Gasteiger partial charge on any atom is 0.416 e. The molecule has 1 atom stereocenters. The summed E-state index contributed by atoms with van der Waals surface area (Å²) in [5, 5.41) is 13.5. The molecular formula is C20H18ClF3N4O2S2. The van der Waals surface area contributed by atoms with Gasteiger partial charge in [-0.3, -0.25) is 9.36 Å². The minimum Gasteiger partial charge on any atom is -0.376 e. The van der Waals surface area contributed by atoms with Crippen LogP contribution >= 0.6 is 34.7 Å². The molecule has 12 heteroatoms. The van der Waals surface area contributed by atoms with Crippen LogP contribution in [0.1, 0.15) is 18.4 Å². The highest BCUT2D eigenvalue weighted by Crippen LogP contribution is 2.34. The molecule has 1 aliphatic rings. The molecule has 4 rings (SSSR count). The lowest BCUT2D eigenvalue weighted by Crippen LogP contribution is -2.18. The van der Waals surface area contributed by atoms with Gasteiger partial charge in [0.1, 0.15) is 0 Å². The third-order valence-corrected chi connectivity index (χ3v) is 6.93. The molecule has 0 bridgehead atoms. The van der Waals surface area contributed by atoms with E-state index < -0.39 is 17.6 Å². The zero-order valence-electron chi connectivity index (χ0n) is 16.6. The first-order valence-electron chi connectivity index (χ1n) is 9.69. The first kappa shape index (κ1) is 23.1. The summed E-state index contributed by atoms with van der Waals surface area (Å²) in [6.07, 6.45) is -2.57. The number of thioether (sulfide) groups is 1. The van der Waals surface area contributed by atoms with Gasteiger partial charge in [-0.1, -0.05) is 29.4 Å². The van der Waals surface area contributed by atoms with E-state index in [-0.39, 0.29) is 22.6 Å². The summed E-state index contributed by atoms with van der Waals surface area (Å²) < 4.78 is 46.5. The number of hydrogen-bond acceptors (Lipinski definition) is 6. The van der Waals surface area contributed by atoms with Crippen LogP contribution in [0.25, 0.3) is 10.7 Å². The molecule has 170 valence electrons. The van der Waals surface area contributed by atoms with Gasteiger partial charge in [-0.25, -0.2) is 0 Å². The fraction of sp³-hybridized carbons (Fsp3) is 0.350. The van der Waals surface area contributed by atoms with Gasteiger partial charge in [0.05, 0.1) is 39.6 Å². The number of anilines is 1. The molecule has 0 saturated carbocycles. The van der Waals surface area contributed by atoms with Crippen LogP contribution < -0.4 is 5.32 Å². The van der Waals surface area contributed by atoms with Gasteiger partial charge in [0.25, 0.3) is 0 Å². The van der Waals surface area contributed by atoms with E-state index in [9.17, 15) is 18.0 Å². The molecule has 1 unspecified atom stereocenters. The number of carbonyl (C=O) groups excluding carboxylic acids is 1. The zero-order chi connectivity index (χ0) is 22.7. The minimum atomic E-state index is -4.53. The van der Waals surface area contributed by atoms with E-state index >= 15 is 0 Å². The molecule has 6 nitrogen and oxygen atoms in total. The molecule has 3 aromatic rings.